The maximum atomic E-state index is 11.7. The summed E-state index contributed by atoms with van der Waals surface area (Å²) in [6, 6.07) is 6.70. The number of aromatic nitrogens is 3. The van der Waals surface area contributed by atoms with Gasteiger partial charge in [-0.15, -0.1) is 5.10 Å². The Morgan fingerprint density at radius 2 is 2.37 bits per heavy atom. The van der Waals surface area contributed by atoms with E-state index in [9.17, 15) is 4.79 Å². The third kappa shape index (κ3) is 2.52. The van der Waals surface area contributed by atoms with Gasteiger partial charge in [0.15, 0.2) is 0 Å². The Kier molecular flexibility index (Phi) is 3.43. The van der Waals surface area contributed by atoms with Crippen LogP contribution < -0.4 is 11.1 Å². The normalized spacial score (nSPS) is 9.89. The molecule has 0 fully saturated rings. The molecule has 0 spiro atoms. The Bertz CT molecular complexity index is 654. The summed E-state index contributed by atoms with van der Waals surface area (Å²) in [7, 11) is 0. The van der Waals surface area contributed by atoms with Crippen molar-refractivity contribution in [1.82, 2.24) is 20.1 Å². The highest BCUT2D eigenvalue weighted by atomic mass is 16.1. The molecule has 2 rings (SSSR count). The predicted octanol–water partition coefficient (Wildman–Crippen LogP) is 0.471. The summed E-state index contributed by atoms with van der Waals surface area (Å²) < 4.78 is 1.40. The van der Waals surface area contributed by atoms with E-state index in [0.717, 1.165) is 0 Å². The minimum atomic E-state index is -0.183. The van der Waals surface area contributed by atoms with Gasteiger partial charge in [0, 0.05) is 12.1 Å². The van der Waals surface area contributed by atoms with Crippen LogP contribution in [0.25, 0.3) is 5.69 Å². The quantitative estimate of drug-likeness (QED) is 0.776. The van der Waals surface area contributed by atoms with Crippen LogP contribution in [-0.4, -0.2) is 27.2 Å². The zero-order valence-corrected chi connectivity index (χ0v) is 10.3. The molecule has 19 heavy (non-hydrogen) atoms. The van der Waals surface area contributed by atoms with Crippen LogP contribution in [0.2, 0.25) is 0 Å². The van der Waals surface area contributed by atoms with E-state index in [0.29, 0.717) is 23.5 Å². The number of benzene rings is 1. The third-order valence-electron chi connectivity index (χ3n) is 2.47. The molecule has 0 saturated heterocycles. The topological polar surface area (TPSA) is 110 Å². The van der Waals surface area contributed by atoms with Gasteiger partial charge in [0.1, 0.15) is 12.4 Å². The molecule has 0 aliphatic carbocycles. The van der Waals surface area contributed by atoms with Crippen molar-refractivity contribution in [2.45, 2.75) is 6.92 Å². The Balaban J connectivity index is 2.34. The van der Waals surface area contributed by atoms with E-state index < -0.39 is 0 Å². The third-order valence-corrected chi connectivity index (χ3v) is 2.47. The van der Waals surface area contributed by atoms with Crippen LogP contribution in [0.1, 0.15) is 23.1 Å². The first-order valence-corrected chi connectivity index (χ1v) is 5.65. The van der Waals surface area contributed by atoms with E-state index in [1.54, 1.807) is 18.2 Å². The second kappa shape index (κ2) is 5.18. The SMILES string of the molecule is CCNC(=O)c1ccc(-n2cnc(C#N)n2)c(N)c1. The molecule has 2 aromatic rings. The second-order valence-corrected chi connectivity index (χ2v) is 3.76. The van der Waals surface area contributed by atoms with Crippen LogP contribution in [0.3, 0.4) is 0 Å². The van der Waals surface area contributed by atoms with E-state index in [-0.39, 0.29) is 11.7 Å². The van der Waals surface area contributed by atoms with Crippen molar-refractivity contribution >= 4 is 11.6 Å². The van der Waals surface area contributed by atoms with Gasteiger partial charge >= 0.3 is 0 Å². The fourth-order valence-electron chi connectivity index (χ4n) is 1.60. The molecule has 7 heteroatoms. The lowest BCUT2D eigenvalue weighted by Gasteiger charge is -2.07. The zero-order chi connectivity index (χ0) is 13.8. The number of nitrogens with two attached hydrogens (primary N) is 1. The number of nitriles is 1. The van der Waals surface area contributed by atoms with Gasteiger partial charge < -0.3 is 11.1 Å². The molecule has 96 valence electrons. The van der Waals surface area contributed by atoms with Crippen molar-refractivity contribution in [2.75, 3.05) is 12.3 Å². The molecule has 0 bridgehead atoms. The van der Waals surface area contributed by atoms with Crippen LogP contribution in [0.15, 0.2) is 24.5 Å². The standard InChI is InChI=1S/C12H12N6O/c1-2-15-12(19)8-3-4-10(9(14)5-8)18-7-16-11(6-13)17-18/h3-5,7H,2,14H2,1H3,(H,15,19). The van der Waals surface area contributed by atoms with Gasteiger partial charge in [0.25, 0.3) is 11.7 Å². The monoisotopic (exact) mass is 256 g/mol. The first-order valence-electron chi connectivity index (χ1n) is 5.65. The fourth-order valence-corrected chi connectivity index (χ4v) is 1.60. The molecule has 0 aliphatic rings. The first kappa shape index (κ1) is 12.6. The van der Waals surface area contributed by atoms with E-state index in [4.69, 9.17) is 11.0 Å². The van der Waals surface area contributed by atoms with Crippen molar-refractivity contribution in [3.8, 4) is 11.8 Å². The molecular weight excluding hydrogens is 244 g/mol. The maximum absolute atomic E-state index is 11.7. The average Bonchev–Trinajstić information content (AvgIpc) is 2.87. The number of rotatable bonds is 3. The Hall–Kier alpha value is -2.88. The molecule has 0 saturated carbocycles. The molecule has 1 amide bonds. The summed E-state index contributed by atoms with van der Waals surface area (Å²) in [5.41, 5.74) is 7.32. The number of hydrogen-bond acceptors (Lipinski definition) is 5. The molecule has 0 aliphatic heterocycles. The van der Waals surface area contributed by atoms with E-state index in [1.807, 2.05) is 13.0 Å². The summed E-state index contributed by atoms with van der Waals surface area (Å²) in [4.78, 5) is 15.4. The molecule has 0 atom stereocenters. The molecule has 1 heterocycles. The Morgan fingerprint density at radius 3 is 2.95 bits per heavy atom. The number of carbonyl (C=O) groups is 1. The van der Waals surface area contributed by atoms with Gasteiger partial charge in [-0.1, -0.05) is 0 Å². The Labute approximate surface area is 109 Å². The lowest BCUT2D eigenvalue weighted by atomic mass is 10.1. The molecule has 3 N–H and O–H groups in total. The number of carbonyl (C=O) groups excluding carboxylic acids is 1. The van der Waals surface area contributed by atoms with Crippen LogP contribution in [-0.2, 0) is 0 Å². The number of amides is 1. The van der Waals surface area contributed by atoms with Gasteiger partial charge in [0.2, 0.25) is 0 Å². The van der Waals surface area contributed by atoms with Crippen molar-refractivity contribution in [1.29, 1.82) is 5.26 Å². The number of hydrogen-bond donors (Lipinski definition) is 2. The van der Waals surface area contributed by atoms with E-state index in [2.05, 4.69) is 15.4 Å². The van der Waals surface area contributed by atoms with Gasteiger partial charge in [-0.3, -0.25) is 4.79 Å². The predicted molar refractivity (Wildman–Crippen MR) is 68.5 cm³/mol. The first-order chi connectivity index (χ1) is 9.15. The maximum Gasteiger partial charge on any atom is 0.252 e. The van der Waals surface area contributed by atoms with Crippen molar-refractivity contribution in [3.63, 3.8) is 0 Å². The zero-order valence-electron chi connectivity index (χ0n) is 10.3. The molecule has 0 radical (unpaired) electrons. The number of nitrogens with zero attached hydrogens (tertiary/aromatic N) is 4. The summed E-state index contributed by atoms with van der Waals surface area (Å²) in [6.45, 7) is 2.39. The largest absolute Gasteiger partial charge is 0.397 e. The molecule has 0 unspecified atom stereocenters. The number of anilines is 1. The molecule has 1 aromatic carbocycles. The van der Waals surface area contributed by atoms with Crippen LogP contribution in [0.4, 0.5) is 5.69 Å². The average molecular weight is 256 g/mol. The highest BCUT2D eigenvalue weighted by Gasteiger charge is 2.09. The highest BCUT2D eigenvalue weighted by molar-refractivity contribution is 5.95. The van der Waals surface area contributed by atoms with Gasteiger partial charge in [-0.05, 0) is 25.1 Å². The van der Waals surface area contributed by atoms with Crippen LogP contribution in [0.5, 0.6) is 0 Å². The number of nitrogens with one attached hydrogen (secondary N) is 1. The van der Waals surface area contributed by atoms with Crippen LogP contribution in [0, 0.1) is 11.3 Å². The van der Waals surface area contributed by atoms with Crippen molar-refractivity contribution in [2.24, 2.45) is 0 Å². The fraction of sp³-hybridized carbons (Fsp3) is 0.167. The highest BCUT2D eigenvalue weighted by Crippen LogP contribution is 2.18. The molecule has 7 nitrogen and oxygen atoms in total. The summed E-state index contributed by atoms with van der Waals surface area (Å²) in [6.07, 6.45) is 1.40. The van der Waals surface area contributed by atoms with Crippen molar-refractivity contribution in [3.05, 3.63) is 35.9 Å². The molecule has 1 aromatic heterocycles. The Morgan fingerprint density at radius 1 is 1.58 bits per heavy atom. The number of nitrogen functional groups attached to an aromatic ring is 1. The lowest BCUT2D eigenvalue weighted by Crippen LogP contribution is -2.22. The van der Waals surface area contributed by atoms with Crippen LogP contribution >= 0.6 is 0 Å². The van der Waals surface area contributed by atoms with Gasteiger partial charge in [0.05, 0.1) is 11.4 Å². The summed E-state index contributed by atoms with van der Waals surface area (Å²) in [5, 5.41) is 15.3. The van der Waals surface area contributed by atoms with Crippen molar-refractivity contribution < 1.29 is 4.79 Å². The van der Waals surface area contributed by atoms with E-state index in [1.165, 1.54) is 11.0 Å². The molecular formula is C12H12N6O. The second-order valence-electron chi connectivity index (χ2n) is 3.76. The van der Waals surface area contributed by atoms with Gasteiger partial charge in [-0.25, -0.2) is 9.67 Å². The summed E-state index contributed by atoms with van der Waals surface area (Å²) >= 11 is 0. The van der Waals surface area contributed by atoms with Gasteiger partial charge in [-0.2, -0.15) is 5.26 Å². The minimum Gasteiger partial charge on any atom is -0.397 e. The smallest absolute Gasteiger partial charge is 0.252 e. The summed E-state index contributed by atoms with van der Waals surface area (Å²) in [5.74, 6) is -0.121. The lowest BCUT2D eigenvalue weighted by molar-refractivity contribution is 0.0956. The van der Waals surface area contributed by atoms with E-state index >= 15 is 0 Å². The minimum absolute atomic E-state index is 0.0622.